The Labute approximate surface area is 82.5 Å². The third-order valence-corrected chi connectivity index (χ3v) is 1.89. The molecular weight excluding hydrogens is 218 g/mol. The van der Waals surface area contributed by atoms with Gasteiger partial charge in [-0.05, 0) is 18.2 Å². The molecule has 0 unspecified atom stereocenters. The van der Waals surface area contributed by atoms with E-state index in [0.29, 0.717) is 6.07 Å². The van der Waals surface area contributed by atoms with Crippen LogP contribution in [-0.4, -0.2) is 16.2 Å². The first-order chi connectivity index (χ1) is 6.35. The second-order valence-electron chi connectivity index (χ2n) is 2.54. The van der Waals surface area contributed by atoms with Crippen molar-refractivity contribution in [3.8, 4) is 5.75 Å². The monoisotopic (exact) mass is 222 g/mol. The highest BCUT2D eigenvalue weighted by Crippen LogP contribution is 2.35. The van der Waals surface area contributed by atoms with E-state index >= 15 is 0 Å². The number of rotatable bonds is 2. The molecule has 6 heteroatoms. The summed E-state index contributed by atoms with van der Waals surface area (Å²) in [4.78, 5) is 10.2. The molecule has 1 rings (SSSR count). The van der Waals surface area contributed by atoms with Gasteiger partial charge in [-0.1, -0.05) is 11.6 Å². The molecule has 0 aromatic heterocycles. The lowest BCUT2D eigenvalue weighted by molar-refractivity contribution is -0.166. The fourth-order valence-electron chi connectivity index (χ4n) is 0.869. The third-order valence-electron chi connectivity index (χ3n) is 1.56. The molecule has 0 aliphatic heterocycles. The summed E-state index contributed by atoms with van der Waals surface area (Å²) in [5.74, 6) is -6.88. The molecule has 0 aliphatic rings. The van der Waals surface area contributed by atoms with Crippen LogP contribution in [0.1, 0.15) is 5.56 Å². The van der Waals surface area contributed by atoms with Crippen molar-refractivity contribution in [2.24, 2.45) is 0 Å². The Balaban J connectivity index is 3.31. The van der Waals surface area contributed by atoms with Gasteiger partial charge in [0.15, 0.2) is 0 Å². The number of benzene rings is 1. The highest BCUT2D eigenvalue weighted by Gasteiger charge is 2.42. The Morgan fingerprint density at radius 1 is 1.43 bits per heavy atom. The zero-order valence-corrected chi connectivity index (χ0v) is 7.42. The number of aromatic hydroxyl groups is 1. The van der Waals surface area contributed by atoms with Gasteiger partial charge in [0.1, 0.15) is 5.75 Å². The third kappa shape index (κ3) is 1.77. The average molecular weight is 223 g/mol. The summed E-state index contributed by atoms with van der Waals surface area (Å²) in [7, 11) is 0. The van der Waals surface area contributed by atoms with E-state index in [9.17, 15) is 13.6 Å². The molecule has 0 spiro atoms. The molecule has 2 N–H and O–H groups in total. The van der Waals surface area contributed by atoms with Crippen LogP contribution >= 0.6 is 11.6 Å². The molecule has 3 nitrogen and oxygen atoms in total. The summed E-state index contributed by atoms with van der Waals surface area (Å²) in [6, 6.07) is 2.71. The first kappa shape index (κ1) is 10.7. The molecule has 0 amide bonds. The fraction of sp³-hybridized carbons (Fsp3) is 0.125. The van der Waals surface area contributed by atoms with E-state index < -0.39 is 28.2 Å². The van der Waals surface area contributed by atoms with E-state index in [4.69, 9.17) is 21.8 Å². The van der Waals surface area contributed by atoms with E-state index in [0.717, 1.165) is 12.1 Å². The predicted molar refractivity (Wildman–Crippen MR) is 44.6 cm³/mol. The van der Waals surface area contributed by atoms with E-state index in [1.165, 1.54) is 0 Å². The predicted octanol–water partition coefficient (Wildman–Crippen LogP) is 2.22. The number of phenolic OH excluding ortho intramolecular Hbond substituents is 1. The van der Waals surface area contributed by atoms with Gasteiger partial charge in [0.2, 0.25) is 0 Å². The highest BCUT2D eigenvalue weighted by molar-refractivity contribution is 6.31. The number of carbonyl (C=O) groups is 1. The summed E-state index contributed by atoms with van der Waals surface area (Å²) in [6.07, 6.45) is 0. The molecule has 0 fully saturated rings. The van der Waals surface area contributed by atoms with Gasteiger partial charge < -0.3 is 10.2 Å². The summed E-state index contributed by atoms with van der Waals surface area (Å²) < 4.78 is 25.8. The zero-order chi connectivity index (χ0) is 10.9. The van der Waals surface area contributed by atoms with Gasteiger partial charge in [-0.3, -0.25) is 0 Å². The molecule has 0 saturated carbocycles. The molecule has 1 aromatic carbocycles. The summed E-state index contributed by atoms with van der Waals surface area (Å²) >= 11 is 5.37. The number of carboxylic acid groups (broad SMARTS) is 1. The molecule has 0 atom stereocenters. The number of aliphatic carboxylic acids is 1. The number of hydrogen-bond donors (Lipinski definition) is 2. The van der Waals surface area contributed by atoms with Crippen LogP contribution in [0, 0.1) is 0 Å². The second-order valence-corrected chi connectivity index (χ2v) is 2.95. The maximum absolute atomic E-state index is 12.9. The van der Waals surface area contributed by atoms with Crippen LogP contribution < -0.4 is 0 Å². The van der Waals surface area contributed by atoms with Crippen molar-refractivity contribution in [2.75, 3.05) is 0 Å². The van der Waals surface area contributed by atoms with Crippen molar-refractivity contribution in [2.45, 2.75) is 5.92 Å². The van der Waals surface area contributed by atoms with Crippen molar-refractivity contribution >= 4 is 17.6 Å². The smallest absolute Gasteiger partial charge is 0.379 e. The van der Waals surface area contributed by atoms with E-state index in [2.05, 4.69) is 0 Å². The molecule has 0 radical (unpaired) electrons. The molecule has 0 saturated heterocycles. The van der Waals surface area contributed by atoms with Crippen LogP contribution in [-0.2, 0) is 10.7 Å². The quantitative estimate of drug-likeness (QED) is 0.807. The van der Waals surface area contributed by atoms with E-state index in [-0.39, 0.29) is 0 Å². The van der Waals surface area contributed by atoms with Crippen LogP contribution in [0.3, 0.4) is 0 Å². The Morgan fingerprint density at radius 3 is 2.50 bits per heavy atom. The lowest BCUT2D eigenvalue weighted by Gasteiger charge is -2.12. The van der Waals surface area contributed by atoms with Crippen LogP contribution in [0.15, 0.2) is 18.2 Å². The molecule has 0 heterocycles. The number of alkyl halides is 2. The van der Waals surface area contributed by atoms with Crippen LogP contribution in [0.5, 0.6) is 5.75 Å². The highest BCUT2D eigenvalue weighted by atomic mass is 35.5. The molecule has 76 valence electrons. The normalized spacial score (nSPS) is 11.4. The van der Waals surface area contributed by atoms with Crippen molar-refractivity contribution in [1.82, 2.24) is 0 Å². The van der Waals surface area contributed by atoms with Gasteiger partial charge in [-0.25, -0.2) is 4.79 Å². The number of phenols is 1. The zero-order valence-electron chi connectivity index (χ0n) is 6.67. The van der Waals surface area contributed by atoms with Gasteiger partial charge in [0, 0.05) is 0 Å². The lowest BCUT2D eigenvalue weighted by Crippen LogP contribution is -2.25. The van der Waals surface area contributed by atoms with Crippen molar-refractivity contribution in [3.63, 3.8) is 0 Å². The van der Waals surface area contributed by atoms with E-state index in [1.54, 1.807) is 0 Å². The maximum atomic E-state index is 12.9. The van der Waals surface area contributed by atoms with Gasteiger partial charge in [-0.2, -0.15) is 8.78 Å². The Morgan fingerprint density at radius 2 is 2.00 bits per heavy atom. The van der Waals surface area contributed by atoms with Crippen LogP contribution in [0.2, 0.25) is 5.02 Å². The minimum Gasteiger partial charge on any atom is -0.508 e. The SMILES string of the molecule is O=C(O)C(F)(F)c1cc(O)ccc1Cl. The minimum atomic E-state index is -4.10. The Kier molecular flexibility index (Phi) is 2.62. The molecule has 1 aromatic rings. The van der Waals surface area contributed by atoms with E-state index in [1.807, 2.05) is 0 Å². The van der Waals surface area contributed by atoms with Gasteiger partial charge >= 0.3 is 11.9 Å². The minimum absolute atomic E-state index is 0.407. The number of carboxylic acids is 1. The first-order valence-corrected chi connectivity index (χ1v) is 3.83. The van der Waals surface area contributed by atoms with Gasteiger partial charge in [0.25, 0.3) is 0 Å². The average Bonchev–Trinajstić information content (AvgIpc) is 2.08. The summed E-state index contributed by atoms with van der Waals surface area (Å²) in [5, 5.41) is 16.7. The van der Waals surface area contributed by atoms with Crippen molar-refractivity contribution < 1.29 is 23.8 Å². The first-order valence-electron chi connectivity index (χ1n) is 3.46. The Hall–Kier alpha value is -1.36. The Bertz CT molecular complexity index is 379. The standard InChI is InChI=1S/C8H5ClF2O3/c9-6-2-1-4(12)3-5(6)8(10,11)7(13)14/h1-3,12H,(H,13,14). The van der Waals surface area contributed by atoms with Crippen LogP contribution in [0.25, 0.3) is 0 Å². The van der Waals surface area contributed by atoms with Crippen molar-refractivity contribution in [1.29, 1.82) is 0 Å². The van der Waals surface area contributed by atoms with Crippen LogP contribution in [0.4, 0.5) is 8.78 Å². The largest absolute Gasteiger partial charge is 0.508 e. The molecular formula is C8H5ClF2O3. The number of halogens is 3. The lowest BCUT2D eigenvalue weighted by atomic mass is 10.1. The number of hydrogen-bond acceptors (Lipinski definition) is 2. The fourth-order valence-corrected chi connectivity index (χ4v) is 1.11. The van der Waals surface area contributed by atoms with Gasteiger partial charge in [0.05, 0.1) is 10.6 Å². The summed E-state index contributed by atoms with van der Waals surface area (Å²) in [6.45, 7) is 0. The van der Waals surface area contributed by atoms with Gasteiger partial charge in [-0.15, -0.1) is 0 Å². The maximum Gasteiger partial charge on any atom is 0.379 e. The van der Waals surface area contributed by atoms with Crippen molar-refractivity contribution in [3.05, 3.63) is 28.8 Å². The molecule has 0 bridgehead atoms. The molecule has 0 aliphatic carbocycles. The second kappa shape index (κ2) is 3.42. The summed E-state index contributed by atoms with van der Waals surface area (Å²) in [5.41, 5.74) is -0.924. The molecule has 14 heavy (non-hydrogen) atoms. The topological polar surface area (TPSA) is 57.5 Å².